The van der Waals surface area contributed by atoms with E-state index in [1.165, 1.54) is 16.8 Å². The van der Waals surface area contributed by atoms with E-state index >= 15 is 0 Å². The van der Waals surface area contributed by atoms with Crippen LogP contribution < -0.4 is 11.2 Å². The predicted molar refractivity (Wildman–Crippen MR) is 50.1 cm³/mol. The molecule has 1 aromatic rings. The van der Waals surface area contributed by atoms with Crippen molar-refractivity contribution in [1.29, 1.82) is 0 Å². The summed E-state index contributed by atoms with van der Waals surface area (Å²) in [7, 11) is 0. The van der Waals surface area contributed by atoms with Crippen LogP contribution in [0.2, 0.25) is 0 Å². The number of nitrogens with one attached hydrogen (secondary N) is 1. The van der Waals surface area contributed by atoms with E-state index in [4.69, 9.17) is 0 Å². The van der Waals surface area contributed by atoms with Gasteiger partial charge in [-0.15, -0.1) is 0 Å². The van der Waals surface area contributed by atoms with Crippen LogP contribution in [0.4, 0.5) is 0 Å². The second kappa shape index (κ2) is 3.26. The van der Waals surface area contributed by atoms with Crippen LogP contribution in [0.3, 0.4) is 0 Å². The van der Waals surface area contributed by atoms with Gasteiger partial charge in [-0.1, -0.05) is 12.2 Å². The Hall–Kier alpha value is -1.62. The molecule has 2 N–H and O–H groups in total. The fourth-order valence-electron chi connectivity index (χ4n) is 1.56. The number of aliphatic hydroxyl groups excluding tert-OH is 1. The summed E-state index contributed by atoms with van der Waals surface area (Å²) in [5.74, 6) is 0. The van der Waals surface area contributed by atoms with E-state index in [9.17, 15) is 14.7 Å². The van der Waals surface area contributed by atoms with Gasteiger partial charge in [-0.2, -0.15) is 0 Å². The summed E-state index contributed by atoms with van der Waals surface area (Å²) >= 11 is 0. The quantitative estimate of drug-likeness (QED) is 0.586. The van der Waals surface area contributed by atoms with Gasteiger partial charge >= 0.3 is 5.69 Å². The zero-order valence-corrected chi connectivity index (χ0v) is 7.38. The smallest absolute Gasteiger partial charge is 0.328 e. The van der Waals surface area contributed by atoms with Crippen molar-refractivity contribution in [1.82, 2.24) is 9.55 Å². The molecule has 0 aromatic carbocycles. The molecule has 14 heavy (non-hydrogen) atoms. The molecule has 1 aliphatic rings. The van der Waals surface area contributed by atoms with Crippen LogP contribution in [-0.2, 0) is 0 Å². The molecule has 0 saturated carbocycles. The number of hydrogen-bond donors (Lipinski definition) is 2. The average molecular weight is 194 g/mol. The highest BCUT2D eigenvalue weighted by molar-refractivity contribution is 5.06. The van der Waals surface area contributed by atoms with Crippen molar-refractivity contribution in [3.63, 3.8) is 0 Å². The zero-order valence-electron chi connectivity index (χ0n) is 7.38. The van der Waals surface area contributed by atoms with Gasteiger partial charge in [0.2, 0.25) is 0 Å². The van der Waals surface area contributed by atoms with Crippen LogP contribution >= 0.6 is 0 Å². The van der Waals surface area contributed by atoms with Gasteiger partial charge in [-0.05, 0) is 0 Å². The Balaban J connectivity index is 2.39. The second-order valence-corrected chi connectivity index (χ2v) is 3.27. The van der Waals surface area contributed by atoms with E-state index in [2.05, 4.69) is 4.98 Å². The number of H-pyrrole nitrogens is 1. The van der Waals surface area contributed by atoms with E-state index in [1.54, 1.807) is 12.2 Å². The maximum Gasteiger partial charge on any atom is 0.328 e. The molecule has 0 radical (unpaired) electrons. The molecule has 2 rings (SSSR count). The molecule has 5 heteroatoms. The first-order chi connectivity index (χ1) is 6.66. The summed E-state index contributed by atoms with van der Waals surface area (Å²) in [6, 6.07) is 1.13. The highest BCUT2D eigenvalue weighted by Crippen LogP contribution is 2.20. The van der Waals surface area contributed by atoms with Crippen LogP contribution in [-0.4, -0.2) is 20.8 Å². The van der Waals surface area contributed by atoms with Gasteiger partial charge in [0.05, 0.1) is 12.1 Å². The van der Waals surface area contributed by atoms with Crippen molar-refractivity contribution < 1.29 is 5.11 Å². The molecule has 0 saturated heterocycles. The van der Waals surface area contributed by atoms with Crippen LogP contribution in [0.15, 0.2) is 34.0 Å². The number of aromatic nitrogens is 2. The van der Waals surface area contributed by atoms with Gasteiger partial charge in [-0.3, -0.25) is 14.3 Å². The third-order valence-electron chi connectivity index (χ3n) is 2.25. The first kappa shape index (κ1) is 8.96. The fraction of sp³-hybridized carbons (Fsp3) is 0.333. The maximum atomic E-state index is 11.3. The summed E-state index contributed by atoms with van der Waals surface area (Å²) in [4.78, 5) is 24.3. The van der Waals surface area contributed by atoms with Crippen molar-refractivity contribution in [2.75, 3.05) is 0 Å². The Morgan fingerprint density at radius 2 is 2.21 bits per heavy atom. The second-order valence-electron chi connectivity index (χ2n) is 3.27. The summed E-state index contributed by atoms with van der Waals surface area (Å²) < 4.78 is 1.40. The molecular weight excluding hydrogens is 184 g/mol. The summed E-state index contributed by atoms with van der Waals surface area (Å²) in [5, 5.41) is 9.23. The van der Waals surface area contributed by atoms with E-state index in [0.717, 1.165) is 0 Å². The topological polar surface area (TPSA) is 75.1 Å². The molecule has 0 fully saturated rings. The van der Waals surface area contributed by atoms with Crippen molar-refractivity contribution in [3.05, 3.63) is 45.3 Å². The van der Waals surface area contributed by atoms with Gasteiger partial charge in [0, 0.05) is 18.7 Å². The number of nitrogens with zero attached hydrogens (tertiary/aromatic N) is 1. The number of allylic oxidation sites excluding steroid dienone is 1. The SMILES string of the molecule is O=c1ccn([C@H]2C=C[C@@H](O)C2)c(=O)[nH]1. The van der Waals surface area contributed by atoms with E-state index in [1.807, 2.05) is 0 Å². The largest absolute Gasteiger partial charge is 0.389 e. The summed E-state index contributed by atoms with van der Waals surface area (Å²) in [5.41, 5.74) is -0.852. The van der Waals surface area contributed by atoms with Crippen molar-refractivity contribution in [3.8, 4) is 0 Å². The van der Waals surface area contributed by atoms with Gasteiger partial charge in [0.15, 0.2) is 0 Å². The Morgan fingerprint density at radius 3 is 2.79 bits per heavy atom. The Labute approximate surface area is 79.3 Å². The highest BCUT2D eigenvalue weighted by Gasteiger charge is 2.18. The number of aromatic amines is 1. The molecule has 0 aliphatic heterocycles. The van der Waals surface area contributed by atoms with Crippen LogP contribution in [0, 0.1) is 0 Å². The Morgan fingerprint density at radius 1 is 1.43 bits per heavy atom. The van der Waals surface area contributed by atoms with Crippen LogP contribution in [0.5, 0.6) is 0 Å². The molecule has 1 aliphatic carbocycles. The fourth-order valence-corrected chi connectivity index (χ4v) is 1.56. The molecule has 2 atom stereocenters. The average Bonchev–Trinajstić information content (AvgIpc) is 2.51. The minimum absolute atomic E-state index is 0.158. The summed E-state index contributed by atoms with van der Waals surface area (Å²) in [6.07, 6.45) is 4.81. The van der Waals surface area contributed by atoms with Gasteiger partial charge in [-0.25, -0.2) is 4.79 Å². The lowest BCUT2D eigenvalue weighted by atomic mass is 10.2. The van der Waals surface area contributed by atoms with E-state index in [-0.39, 0.29) is 6.04 Å². The predicted octanol–water partition coefficient (Wildman–Crippen LogP) is -0.602. The van der Waals surface area contributed by atoms with E-state index in [0.29, 0.717) is 6.42 Å². The molecule has 1 heterocycles. The molecule has 74 valence electrons. The number of rotatable bonds is 1. The van der Waals surface area contributed by atoms with Crippen LogP contribution in [0.1, 0.15) is 12.5 Å². The van der Waals surface area contributed by atoms with Crippen molar-refractivity contribution in [2.24, 2.45) is 0 Å². The minimum atomic E-state index is -0.501. The lowest BCUT2D eigenvalue weighted by Gasteiger charge is -2.11. The monoisotopic (exact) mass is 194 g/mol. The lowest BCUT2D eigenvalue weighted by Crippen LogP contribution is -2.30. The van der Waals surface area contributed by atoms with Crippen molar-refractivity contribution >= 4 is 0 Å². The molecule has 0 bridgehead atoms. The number of hydrogen-bond acceptors (Lipinski definition) is 3. The Kier molecular flexibility index (Phi) is 2.09. The van der Waals surface area contributed by atoms with Gasteiger partial charge in [0.25, 0.3) is 5.56 Å². The molecular formula is C9H10N2O3. The van der Waals surface area contributed by atoms with Gasteiger partial charge in [0.1, 0.15) is 0 Å². The van der Waals surface area contributed by atoms with Crippen LogP contribution in [0.25, 0.3) is 0 Å². The van der Waals surface area contributed by atoms with Crippen molar-refractivity contribution in [2.45, 2.75) is 18.6 Å². The standard InChI is InChI=1S/C9H10N2O3/c12-7-2-1-6(5-7)11-4-3-8(13)10-9(11)14/h1-4,6-7,12H,5H2,(H,10,13,14)/t6-,7+/m0/s1. The summed E-state index contributed by atoms with van der Waals surface area (Å²) in [6.45, 7) is 0. The normalized spacial score (nSPS) is 25.5. The zero-order chi connectivity index (χ0) is 10.1. The third kappa shape index (κ3) is 1.54. The lowest BCUT2D eigenvalue weighted by molar-refractivity contribution is 0.209. The Bertz CT molecular complexity index is 471. The van der Waals surface area contributed by atoms with E-state index < -0.39 is 17.4 Å². The van der Waals surface area contributed by atoms with Gasteiger partial charge < -0.3 is 5.11 Å². The maximum absolute atomic E-state index is 11.3. The molecule has 5 nitrogen and oxygen atoms in total. The first-order valence-corrected chi connectivity index (χ1v) is 4.34. The molecule has 0 amide bonds. The number of aliphatic hydroxyl groups is 1. The first-order valence-electron chi connectivity index (χ1n) is 4.34. The molecule has 0 unspecified atom stereocenters. The third-order valence-corrected chi connectivity index (χ3v) is 2.25. The highest BCUT2D eigenvalue weighted by atomic mass is 16.3. The molecule has 1 aromatic heterocycles. The minimum Gasteiger partial charge on any atom is -0.389 e. The molecule has 0 spiro atoms.